The van der Waals surface area contributed by atoms with Gasteiger partial charge in [0.1, 0.15) is 6.04 Å². The van der Waals surface area contributed by atoms with Crippen LogP contribution in [-0.4, -0.2) is 34.9 Å². The summed E-state index contributed by atoms with van der Waals surface area (Å²) in [6.45, 7) is 4.91. The fourth-order valence-corrected chi connectivity index (χ4v) is 2.30. The van der Waals surface area contributed by atoms with E-state index < -0.39 is 29.9 Å². The number of carbonyl (C=O) groups is 3. The summed E-state index contributed by atoms with van der Waals surface area (Å²) >= 11 is 5.89. The number of aromatic nitrogens is 1. The van der Waals surface area contributed by atoms with Crippen LogP contribution in [0.1, 0.15) is 31.3 Å². The molecule has 0 saturated carbocycles. The monoisotopic (exact) mass is 393 g/mol. The maximum absolute atomic E-state index is 12.4. The van der Waals surface area contributed by atoms with Crippen molar-refractivity contribution in [1.82, 2.24) is 10.3 Å². The minimum Gasteiger partial charge on any atom is -0.459 e. The summed E-state index contributed by atoms with van der Waals surface area (Å²) in [6.07, 6.45) is 1.74. The number of halogens is 1. The zero-order valence-corrected chi connectivity index (χ0v) is 15.8. The van der Waals surface area contributed by atoms with Crippen molar-refractivity contribution in [2.75, 3.05) is 5.32 Å². The number of anilines is 1. The molecule has 2 N–H and O–H groups in total. The third-order valence-electron chi connectivity index (χ3n) is 3.63. The van der Waals surface area contributed by atoms with Gasteiger partial charge < -0.3 is 19.8 Å². The van der Waals surface area contributed by atoms with Gasteiger partial charge in [-0.15, -0.1) is 0 Å². The highest BCUT2D eigenvalue weighted by Gasteiger charge is 2.30. The van der Waals surface area contributed by atoms with Crippen LogP contribution in [0.4, 0.5) is 5.69 Å². The standard InChI is InChI=1S/C18H20ClN3O5/c1-10(2)14(22-17(24)13-7-5-9-26-13)18(25)27-11(3)16(23)21-12-6-4-8-20-15(12)19/h4-11,14H,1-3H3,(H,21,23)(H,22,24)/t11?,14-/m0/s1. The number of furan rings is 1. The molecule has 0 aromatic carbocycles. The summed E-state index contributed by atoms with van der Waals surface area (Å²) in [7, 11) is 0. The van der Waals surface area contributed by atoms with Gasteiger partial charge >= 0.3 is 5.97 Å². The molecule has 0 aliphatic rings. The molecule has 2 amide bonds. The minimum atomic E-state index is -1.10. The van der Waals surface area contributed by atoms with Crippen molar-refractivity contribution in [3.05, 3.63) is 47.6 Å². The first-order valence-corrected chi connectivity index (χ1v) is 8.63. The van der Waals surface area contributed by atoms with E-state index in [-0.39, 0.29) is 16.8 Å². The van der Waals surface area contributed by atoms with E-state index in [0.717, 1.165) is 0 Å². The lowest BCUT2D eigenvalue weighted by Gasteiger charge is -2.22. The maximum atomic E-state index is 12.4. The van der Waals surface area contributed by atoms with Crippen molar-refractivity contribution >= 4 is 35.1 Å². The molecule has 0 spiro atoms. The van der Waals surface area contributed by atoms with Crippen molar-refractivity contribution in [3.63, 3.8) is 0 Å². The van der Waals surface area contributed by atoms with Crippen molar-refractivity contribution in [2.45, 2.75) is 32.9 Å². The molecule has 2 heterocycles. The van der Waals surface area contributed by atoms with E-state index in [4.69, 9.17) is 20.8 Å². The molecule has 9 heteroatoms. The van der Waals surface area contributed by atoms with Crippen LogP contribution in [0.5, 0.6) is 0 Å². The Hall–Kier alpha value is -2.87. The van der Waals surface area contributed by atoms with E-state index in [9.17, 15) is 14.4 Å². The van der Waals surface area contributed by atoms with Gasteiger partial charge in [0.15, 0.2) is 17.0 Å². The first-order chi connectivity index (χ1) is 12.8. The molecular weight excluding hydrogens is 374 g/mol. The Morgan fingerprint density at radius 3 is 2.52 bits per heavy atom. The van der Waals surface area contributed by atoms with Crippen LogP contribution < -0.4 is 10.6 Å². The summed E-state index contributed by atoms with van der Waals surface area (Å²) < 4.78 is 10.2. The molecule has 2 rings (SSSR count). The second kappa shape index (κ2) is 9.18. The average Bonchev–Trinajstić information content (AvgIpc) is 3.15. The topological polar surface area (TPSA) is 111 Å². The van der Waals surface area contributed by atoms with Crippen LogP contribution in [0.2, 0.25) is 5.15 Å². The number of pyridine rings is 1. The van der Waals surface area contributed by atoms with Crippen LogP contribution >= 0.6 is 11.6 Å². The zero-order valence-electron chi connectivity index (χ0n) is 15.1. The van der Waals surface area contributed by atoms with Crippen molar-refractivity contribution < 1.29 is 23.5 Å². The quantitative estimate of drug-likeness (QED) is 0.552. The highest BCUT2D eigenvalue weighted by Crippen LogP contribution is 2.18. The molecule has 0 aliphatic heterocycles. The molecule has 0 bridgehead atoms. The highest BCUT2D eigenvalue weighted by molar-refractivity contribution is 6.32. The number of amides is 2. The number of nitrogens with zero attached hydrogens (tertiary/aromatic N) is 1. The van der Waals surface area contributed by atoms with Gasteiger partial charge in [0.25, 0.3) is 11.8 Å². The minimum absolute atomic E-state index is 0.0745. The second-order valence-corrected chi connectivity index (χ2v) is 6.44. The molecular formula is C18H20ClN3O5. The fourth-order valence-electron chi connectivity index (χ4n) is 2.13. The molecule has 0 aliphatic carbocycles. The van der Waals surface area contributed by atoms with Crippen molar-refractivity contribution in [3.8, 4) is 0 Å². The van der Waals surface area contributed by atoms with Gasteiger partial charge in [-0.3, -0.25) is 9.59 Å². The number of esters is 1. The van der Waals surface area contributed by atoms with E-state index in [1.54, 1.807) is 32.0 Å². The van der Waals surface area contributed by atoms with E-state index in [1.807, 2.05) is 0 Å². The predicted molar refractivity (Wildman–Crippen MR) is 98.2 cm³/mol. The Morgan fingerprint density at radius 2 is 1.93 bits per heavy atom. The van der Waals surface area contributed by atoms with Crippen molar-refractivity contribution in [1.29, 1.82) is 0 Å². The molecule has 2 atom stereocenters. The Labute approximate surface area is 161 Å². The van der Waals surface area contributed by atoms with Crippen LogP contribution in [0.3, 0.4) is 0 Å². The highest BCUT2D eigenvalue weighted by atomic mass is 35.5. The Bertz CT molecular complexity index is 807. The van der Waals surface area contributed by atoms with Gasteiger partial charge in [0, 0.05) is 6.20 Å². The van der Waals surface area contributed by atoms with Gasteiger partial charge in [0.05, 0.1) is 12.0 Å². The lowest BCUT2D eigenvalue weighted by atomic mass is 10.0. The zero-order chi connectivity index (χ0) is 20.0. The van der Waals surface area contributed by atoms with Gasteiger partial charge in [-0.25, -0.2) is 9.78 Å². The van der Waals surface area contributed by atoms with E-state index in [2.05, 4.69) is 15.6 Å². The molecule has 0 radical (unpaired) electrons. The number of ether oxygens (including phenoxy) is 1. The van der Waals surface area contributed by atoms with Crippen LogP contribution in [0.15, 0.2) is 41.1 Å². The number of rotatable bonds is 7. The molecule has 1 unspecified atom stereocenters. The molecule has 0 saturated heterocycles. The number of nitrogens with one attached hydrogen (secondary N) is 2. The van der Waals surface area contributed by atoms with E-state index in [0.29, 0.717) is 5.69 Å². The predicted octanol–water partition coefficient (Wildman–Crippen LogP) is 2.65. The summed E-state index contributed by atoms with van der Waals surface area (Å²) in [5.74, 6) is -2.04. The first-order valence-electron chi connectivity index (χ1n) is 8.25. The molecule has 2 aromatic rings. The van der Waals surface area contributed by atoms with Crippen molar-refractivity contribution in [2.24, 2.45) is 5.92 Å². The largest absolute Gasteiger partial charge is 0.459 e. The van der Waals surface area contributed by atoms with Gasteiger partial charge in [-0.1, -0.05) is 25.4 Å². The van der Waals surface area contributed by atoms with Crippen LogP contribution in [0.25, 0.3) is 0 Å². The Kier molecular flexibility index (Phi) is 6.95. The Morgan fingerprint density at radius 1 is 1.19 bits per heavy atom. The van der Waals surface area contributed by atoms with Crippen LogP contribution in [0, 0.1) is 5.92 Å². The van der Waals surface area contributed by atoms with E-state index in [1.165, 1.54) is 25.5 Å². The lowest BCUT2D eigenvalue weighted by Crippen LogP contribution is -2.47. The average molecular weight is 394 g/mol. The van der Waals surface area contributed by atoms with Gasteiger partial charge in [0.2, 0.25) is 0 Å². The molecule has 27 heavy (non-hydrogen) atoms. The normalized spacial score (nSPS) is 12.9. The molecule has 8 nitrogen and oxygen atoms in total. The molecule has 144 valence electrons. The summed E-state index contributed by atoms with van der Waals surface area (Å²) in [5, 5.41) is 5.21. The number of hydrogen-bond acceptors (Lipinski definition) is 6. The summed E-state index contributed by atoms with van der Waals surface area (Å²) in [5.41, 5.74) is 0.304. The number of hydrogen-bond donors (Lipinski definition) is 2. The fraction of sp³-hybridized carbons (Fsp3) is 0.333. The summed E-state index contributed by atoms with van der Waals surface area (Å²) in [6, 6.07) is 5.28. The van der Waals surface area contributed by atoms with Crippen LogP contribution in [-0.2, 0) is 14.3 Å². The molecule has 2 aromatic heterocycles. The van der Waals surface area contributed by atoms with Gasteiger partial charge in [-0.05, 0) is 37.1 Å². The van der Waals surface area contributed by atoms with Gasteiger partial charge in [-0.2, -0.15) is 0 Å². The smallest absolute Gasteiger partial charge is 0.329 e. The maximum Gasteiger partial charge on any atom is 0.329 e. The Balaban J connectivity index is 1.98. The first kappa shape index (κ1) is 20.4. The SMILES string of the molecule is CC(OC(=O)[C@@H](NC(=O)c1ccco1)C(C)C)C(=O)Nc1cccnc1Cl. The number of carbonyl (C=O) groups excluding carboxylic acids is 3. The van der Waals surface area contributed by atoms with E-state index >= 15 is 0 Å². The summed E-state index contributed by atoms with van der Waals surface area (Å²) in [4.78, 5) is 40.6. The third kappa shape index (κ3) is 5.55. The second-order valence-electron chi connectivity index (χ2n) is 6.08. The third-order valence-corrected chi connectivity index (χ3v) is 3.93. The molecule has 0 fully saturated rings. The lowest BCUT2D eigenvalue weighted by molar-refractivity contribution is -0.156.